The number of halogens is 1. The van der Waals surface area contributed by atoms with Gasteiger partial charge >= 0.3 is 0 Å². The van der Waals surface area contributed by atoms with E-state index in [4.69, 9.17) is 17.3 Å². The van der Waals surface area contributed by atoms with Crippen molar-refractivity contribution in [1.82, 2.24) is 4.72 Å². The van der Waals surface area contributed by atoms with Crippen molar-refractivity contribution in [3.63, 3.8) is 0 Å². The number of nitrogens with one attached hydrogen (secondary N) is 1. The molecule has 7 heteroatoms. The van der Waals surface area contributed by atoms with Gasteiger partial charge in [0.2, 0.25) is 10.0 Å². The van der Waals surface area contributed by atoms with E-state index in [1.165, 1.54) is 6.07 Å². The molecule has 2 unspecified atom stereocenters. The van der Waals surface area contributed by atoms with Crippen molar-refractivity contribution in [3.05, 3.63) is 28.8 Å². The molecule has 1 aromatic carbocycles. The van der Waals surface area contributed by atoms with E-state index in [-0.39, 0.29) is 17.5 Å². The maximum absolute atomic E-state index is 12.5. The summed E-state index contributed by atoms with van der Waals surface area (Å²) in [5, 5.41) is 0.864. The van der Waals surface area contributed by atoms with Crippen LogP contribution < -0.4 is 10.5 Å². The Labute approximate surface area is 135 Å². The van der Waals surface area contributed by atoms with Crippen LogP contribution in [0.4, 0.5) is 0 Å². The first-order chi connectivity index (χ1) is 9.97. The summed E-state index contributed by atoms with van der Waals surface area (Å²) in [5.74, 6) is 1.00. The smallest absolute Gasteiger partial charge is 0.240 e. The molecule has 1 aliphatic carbocycles. The number of sulfonamides is 1. The van der Waals surface area contributed by atoms with Crippen LogP contribution in [-0.2, 0) is 16.6 Å². The van der Waals surface area contributed by atoms with Gasteiger partial charge < -0.3 is 5.73 Å². The highest BCUT2D eigenvalue weighted by Gasteiger charge is 2.31. The Kier molecular flexibility index (Phi) is 5.96. The predicted octanol–water partition coefficient (Wildman–Crippen LogP) is 2.75. The van der Waals surface area contributed by atoms with Gasteiger partial charge in [0, 0.05) is 22.9 Å². The fourth-order valence-corrected chi connectivity index (χ4v) is 5.46. The van der Waals surface area contributed by atoms with E-state index in [1.807, 2.05) is 11.8 Å². The van der Waals surface area contributed by atoms with Crippen LogP contribution in [0.15, 0.2) is 23.1 Å². The second kappa shape index (κ2) is 7.33. The first-order valence-electron chi connectivity index (χ1n) is 7.10. The number of nitrogens with two attached hydrogens (primary N) is 1. The van der Waals surface area contributed by atoms with Crippen molar-refractivity contribution in [2.45, 2.75) is 48.9 Å². The molecule has 0 bridgehead atoms. The topological polar surface area (TPSA) is 72.2 Å². The number of hydrogen-bond donors (Lipinski definition) is 2. The highest BCUT2D eigenvalue weighted by Crippen LogP contribution is 2.31. The van der Waals surface area contributed by atoms with Crippen molar-refractivity contribution in [2.24, 2.45) is 5.73 Å². The largest absolute Gasteiger partial charge is 0.326 e. The van der Waals surface area contributed by atoms with Gasteiger partial charge in [-0.1, -0.05) is 24.9 Å². The second-order valence-electron chi connectivity index (χ2n) is 5.11. The number of thioether (sulfide) groups is 1. The average molecular weight is 349 g/mol. The fourth-order valence-electron chi connectivity index (χ4n) is 2.62. The molecule has 0 amide bonds. The molecule has 0 aromatic heterocycles. The van der Waals surface area contributed by atoms with Crippen LogP contribution >= 0.6 is 23.4 Å². The molecule has 4 nitrogen and oxygen atoms in total. The standard InChI is InChI=1S/C14H21ClN2O2S2/c1-2-20-14-5-3-4-13(14)17-21(18,19)11-6-7-12(15)10(8-11)9-16/h6-8,13-14,17H,2-5,9,16H2,1H3. The molecule has 1 aromatic rings. The Balaban J connectivity index is 2.18. The molecule has 0 heterocycles. The molecule has 0 radical (unpaired) electrons. The lowest BCUT2D eigenvalue weighted by Crippen LogP contribution is -2.38. The van der Waals surface area contributed by atoms with Crippen LogP contribution in [0, 0.1) is 0 Å². The second-order valence-corrected chi connectivity index (χ2v) is 8.75. The summed E-state index contributed by atoms with van der Waals surface area (Å²) < 4.78 is 27.9. The summed E-state index contributed by atoms with van der Waals surface area (Å²) in [6.45, 7) is 2.32. The molecule has 2 rings (SSSR count). The highest BCUT2D eigenvalue weighted by atomic mass is 35.5. The van der Waals surface area contributed by atoms with Crippen molar-refractivity contribution < 1.29 is 8.42 Å². The van der Waals surface area contributed by atoms with E-state index < -0.39 is 10.0 Å². The number of hydrogen-bond acceptors (Lipinski definition) is 4. The Morgan fingerprint density at radius 1 is 1.43 bits per heavy atom. The van der Waals surface area contributed by atoms with Crippen LogP contribution in [0.1, 0.15) is 31.7 Å². The van der Waals surface area contributed by atoms with Gasteiger partial charge in [-0.15, -0.1) is 0 Å². The summed E-state index contributed by atoms with van der Waals surface area (Å²) >= 11 is 7.81. The lowest BCUT2D eigenvalue weighted by atomic mass is 10.2. The van der Waals surface area contributed by atoms with Crippen LogP contribution in [0.5, 0.6) is 0 Å². The monoisotopic (exact) mass is 348 g/mol. The van der Waals surface area contributed by atoms with Crippen molar-refractivity contribution in [3.8, 4) is 0 Å². The van der Waals surface area contributed by atoms with Crippen LogP contribution in [0.25, 0.3) is 0 Å². The first kappa shape index (κ1) is 17.1. The van der Waals surface area contributed by atoms with Crippen molar-refractivity contribution >= 4 is 33.4 Å². The Morgan fingerprint density at radius 2 is 2.19 bits per heavy atom. The zero-order chi connectivity index (χ0) is 15.5. The van der Waals surface area contributed by atoms with Crippen molar-refractivity contribution in [2.75, 3.05) is 5.75 Å². The predicted molar refractivity (Wildman–Crippen MR) is 89.2 cm³/mol. The fraction of sp³-hybridized carbons (Fsp3) is 0.571. The highest BCUT2D eigenvalue weighted by molar-refractivity contribution is 8.00. The number of benzene rings is 1. The first-order valence-corrected chi connectivity index (χ1v) is 10.0. The minimum atomic E-state index is -3.52. The summed E-state index contributed by atoms with van der Waals surface area (Å²) in [4.78, 5) is 0.236. The molecule has 0 spiro atoms. The van der Waals surface area contributed by atoms with E-state index in [0.717, 1.165) is 25.0 Å². The van der Waals surface area contributed by atoms with E-state index >= 15 is 0 Å². The lowest BCUT2D eigenvalue weighted by molar-refractivity contribution is 0.555. The van der Waals surface area contributed by atoms with Gasteiger partial charge in [-0.25, -0.2) is 13.1 Å². The average Bonchev–Trinajstić information content (AvgIpc) is 2.86. The van der Waals surface area contributed by atoms with Gasteiger partial charge in [0.25, 0.3) is 0 Å². The van der Waals surface area contributed by atoms with Crippen LogP contribution in [-0.4, -0.2) is 25.5 Å². The molecule has 1 aliphatic rings. The van der Waals surface area contributed by atoms with Gasteiger partial charge in [0.15, 0.2) is 0 Å². The molecule has 118 valence electrons. The summed E-state index contributed by atoms with van der Waals surface area (Å²) in [5.41, 5.74) is 6.23. The molecule has 0 aliphatic heterocycles. The normalized spacial score (nSPS) is 22.6. The van der Waals surface area contributed by atoms with Gasteiger partial charge in [0.1, 0.15) is 0 Å². The van der Waals surface area contributed by atoms with Gasteiger partial charge in [-0.05, 0) is 42.4 Å². The molecule has 0 saturated heterocycles. The van der Waals surface area contributed by atoms with Crippen LogP contribution in [0.2, 0.25) is 5.02 Å². The van der Waals surface area contributed by atoms with E-state index in [0.29, 0.717) is 15.8 Å². The zero-order valence-corrected chi connectivity index (χ0v) is 14.4. The third-order valence-corrected chi connectivity index (χ3v) is 6.87. The Bertz CT molecular complexity index is 593. The maximum Gasteiger partial charge on any atom is 0.240 e. The lowest BCUT2D eigenvalue weighted by Gasteiger charge is -2.20. The third kappa shape index (κ3) is 4.13. The molecular weight excluding hydrogens is 328 g/mol. The SMILES string of the molecule is CCSC1CCCC1NS(=O)(=O)c1ccc(Cl)c(CN)c1. The van der Waals surface area contributed by atoms with Crippen LogP contribution in [0.3, 0.4) is 0 Å². The zero-order valence-electron chi connectivity index (χ0n) is 12.0. The molecule has 21 heavy (non-hydrogen) atoms. The summed E-state index contributed by atoms with van der Waals surface area (Å²) in [7, 11) is -3.52. The van der Waals surface area contributed by atoms with Crippen molar-refractivity contribution in [1.29, 1.82) is 0 Å². The summed E-state index contributed by atoms with van der Waals surface area (Å²) in [6.07, 6.45) is 3.04. The maximum atomic E-state index is 12.5. The number of rotatable bonds is 6. The van der Waals surface area contributed by atoms with E-state index in [2.05, 4.69) is 11.6 Å². The quantitative estimate of drug-likeness (QED) is 0.829. The Morgan fingerprint density at radius 3 is 2.86 bits per heavy atom. The van der Waals surface area contributed by atoms with E-state index in [1.54, 1.807) is 12.1 Å². The molecular formula is C14H21ClN2O2S2. The Hall–Kier alpha value is -0.270. The molecule has 3 N–H and O–H groups in total. The van der Waals surface area contributed by atoms with Gasteiger partial charge in [-0.2, -0.15) is 11.8 Å². The molecule has 1 saturated carbocycles. The van der Waals surface area contributed by atoms with Gasteiger partial charge in [0.05, 0.1) is 4.90 Å². The minimum absolute atomic E-state index is 0.0111. The molecule has 1 fully saturated rings. The minimum Gasteiger partial charge on any atom is -0.326 e. The third-order valence-electron chi connectivity index (χ3n) is 3.69. The summed E-state index contributed by atoms with van der Waals surface area (Å²) in [6, 6.07) is 4.69. The molecule has 2 atom stereocenters. The van der Waals surface area contributed by atoms with Gasteiger partial charge in [-0.3, -0.25) is 0 Å². The van der Waals surface area contributed by atoms with E-state index in [9.17, 15) is 8.42 Å².